The van der Waals surface area contributed by atoms with E-state index in [9.17, 15) is 19.2 Å². The average molecular weight is 1170 g/mol. The summed E-state index contributed by atoms with van der Waals surface area (Å²) in [6.07, 6.45) is 67.9. The first kappa shape index (κ1) is 78.9. The number of rotatable bonds is 65. The maximum absolute atomic E-state index is 12.5. The summed E-state index contributed by atoms with van der Waals surface area (Å²) in [6, 6.07) is 0.797. The highest BCUT2D eigenvalue weighted by Gasteiger charge is 2.21. The van der Waals surface area contributed by atoms with Gasteiger partial charge in [-0.05, 0) is 115 Å². The second-order valence-corrected chi connectivity index (χ2v) is 26.4. The van der Waals surface area contributed by atoms with Gasteiger partial charge in [-0.25, -0.2) is 0 Å². The second kappa shape index (κ2) is 62.9. The highest BCUT2D eigenvalue weighted by atomic mass is 16.5. The fraction of sp³-hybridized carbons (Fsp3) is 0.946. The van der Waals surface area contributed by atoms with Gasteiger partial charge in [-0.1, -0.05) is 278 Å². The van der Waals surface area contributed by atoms with Crippen molar-refractivity contribution in [3.05, 3.63) is 0 Å². The summed E-state index contributed by atoms with van der Waals surface area (Å²) >= 11 is 0. The average Bonchev–Trinajstić information content (AvgIpc) is 3.49. The van der Waals surface area contributed by atoms with Crippen molar-refractivity contribution < 1.29 is 28.7 Å². The van der Waals surface area contributed by atoms with Crippen molar-refractivity contribution in [3.8, 4) is 0 Å². The summed E-state index contributed by atoms with van der Waals surface area (Å²) in [6.45, 7) is 14.4. The van der Waals surface area contributed by atoms with Crippen LogP contribution in [0.2, 0.25) is 0 Å². The maximum Gasteiger partial charge on any atom is 0.305 e. The van der Waals surface area contributed by atoms with Crippen molar-refractivity contribution in [1.82, 2.24) is 15.5 Å². The highest BCUT2D eigenvalue weighted by Crippen LogP contribution is 2.25. The van der Waals surface area contributed by atoms with Crippen LogP contribution in [0, 0.1) is 11.8 Å². The number of unbranched alkanes of at least 4 members (excludes halogenated alkanes) is 36. The SMILES string of the molecule is CCCCCCCCC(CCCCCC)COC(=O)CCCCCCCNC(=O)CCCCCCCCCN(CCCCCCCCCC(=O)NCCCCCCCC(=O)OCC(CCCCCC)CCCCCCCC)C1CCCCC1. The van der Waals surface area contributed by atoms with Crippen LogP contribution in [0.1, 0.15) is 394 Å². The van der Waals surface area contributed by atoms with Gasteiger partial charge in [0.05, 0.1) is 13.2 Å². The molecule has 0 bridgehead atoms. The zero-order valence-corrected chi connectivity index (χ0v) is 56.2. The summed E-state index contributed by atoms with van der Waals surface area (Å²) in [7, 11) is 0. The molecule has 1 aliphatic rings. The predicted molar refractivity (Wildman–Crippen MR) is 356 cm³/mol. The minimum atomic E-state index is -0.0136. The zero-order valence-electron chi connectivity index (χ0n) is 56.2. The van der Waals surface area contributed by atoms with E-state index in [-0.39, 0.29) is 23.8 Å². The largest absolute Gasteiger partial charge is 0.465 e. The molecule has 0 radical (unpaired) electrons. The minimum Gasteiger partial charge on any atom is -0.465 e. The molecule has 2 unspecified atom stereocenters. The van der Waals surface area contributed by atoms with Gasteiger partial charge in [-0.2, -0.15) is 0 Å². The molecule has 0 saturated heterocycles. The Morgan fingerprint density at radius 3 is 0.964 bits per heavy atom. The van der Waals surface area contributed by atoms with Crippen LogP contribution in [0.4, 0.5) is 0 Å². The Labute approximate surface area is 516 Å². The standard InChI is InChI=1S/C74H143N3O6/c1-5-9-13-17-27-40-54-68(52-38-15-11-7-3)66-82-73(80)60-46-31-25-33-48-62-75-71(78)58-44-29-21-19-23-35-50-64-77(70-56-42-37-43-57-70)65-51-36-24-20-22-30-45-59-72(79)76-63-49-34-26-32-47-61-74(81)83-67-69(53-39-16-12-8-4)55-41-28-18-14-10-6-2/h68-70H,5-67H2,1-4H3,(H,75,78)(H,76,79). The van der Waals surface area contributed by atoms with Crippen molar-refractivity contribution in [1.29, 1.82) is 0 Å². The summed E-state index contributed by atoms with van der Waals surface area (Å²) in [5.41, 5.74) is 0. The number of amides is 2. The van der Waals surface area contributed by atoms with Crippen LogP contribution in [0.5, 0.6) is 0 Å². The van der Waals surface area contributed by atoms with Crippen LogP contribution in [-0.4, -0.2) is 74.1 Å². The fourth-order valence-electron chi connectivity index (χ4n) is 12.7. The molecule has 0 aromatic rings. The van der Waals surface area contributed by atoms with Gasteiger partial charge < -0.3 is 25.0 Å². The van der Waals surface area contributed by atoms with Gasteiger partial charge in [-0.3, -0.25) is 19.2 Å². The van der Waals surface area contributed by atoms with Crippen LogP contribution in [0.15, 0.2) is 0 Å². The first-order valence-electron chi connectivity index (χ1n) is 37.4. The molecule has 2 N–H and O–H groups in total. The van der Waals surface area contributed by atoms with E-state index in [0.717, 1.165) is 109 Å². The summed E-state index contributed by atoms with van der Waals surface area (Å²) in [5.74, 6) is 1.45. The number of hydrogen-bond acceptors (Lipinski definition) is 7. The van der Waals surface area contributed by atoms with Crippen molar-refractivity contribution >= 4 is 23.8 Å². The van der Waals surface area contributed by atoms with Crippen molar-refractivity contribution in [2.45, 2.75) is 400 Å². The van der Waals surface area contributed by atoms with Gasteiger partial charge >= 0.3 is 11.9 Å². The van der Waals surface area contributed by atoms with Crippen molar-refractivity contribution in [2.24, 2.45) is 11.8 Å². The molecule has 0 aromatic heterocycles. The lowest BCUT2D eigenvalue weighted by Crippen LogP contribution is -2.38. The topological polar surface area (TPSA) is 114 Å². The third-order valence-electron chi connectivity index (χ3n) is 18.4. The van der Waals surface area contributed by atoms with Crippen LogP contribution in [0.3, 0.4) is 0 Å². The van der Waals surface area contributed by atoms with Gasteiger partial charge in [0.15, 0.2) is 0 Å². The van der Waals surface area contributed by atoms with Crippen LogP contribution in [-0.2, 0) is 28.7 Å². The van der Waals surface area contributed by atoms with Gasteiger partial charge in [0, 0.05) is 44.8 Å². The third kappa shape index (κ3) is 54.9. The summed E-state index contributed by atoms with van der Waals surface area (Å²) < 4.78 is 11.6. The Kier molecular flexibility index (Phi) is 59.7. The van der Waals surface area contributed by atoms with E-state index in [4.69, 9.17) is 9.47 Å². The van der Waals surface area contributed by atoms with Gasteiger partial charge in [0.1, 0.15) is 0 Å². The Morgan fingerprint density at radius 2 is 0.614 bits per heavy atom. The predicted octanol–water partition coefficient (Wildman–Crippen LogP) is 21.5. The fourth-order valence-corrected chi connectivity index (χ4v) is 12.7. The number of nitrogens with zero attached hydrogens (tertiary/aromatic N) is 1. The molecule has 0 aromatic carbocycles. The van der Waals surface area contributed by atoms with E-state index in [1.54, 1.807) is 0 Å². The van der Waals surface area contributed by atoms with Gasteiger partial charge in [0.2, 0.25) is 11.8 Å². The first-order chi connectivity index (χ1) is 40.8. The van der Waals surface area contributed by atoms with Gasteiger partial charge in [-0.15, -0.1) is 0 Å². The summed E-state index contributed by atoms with van der Waals surface area (Å²) in [5, 5.41) is 6.29. The van der Waals surface area contributed by atoms with E-state index < -0.39 is 0 Å². The Balaban J connectivity index is 2.02. The van der Waals surface area contributed by atoms with E-state index >= 15 is 0 Å². The molecule has 2 amide bonds. The lowest BCUT2D eigenvalue weighted by molar-refractivity contribution is -0.146. The molecule has 1 fully saturated rings. The molecule has 1 aliphatic carbocycles. The van der Waals surface area contributed by atoms with Crippen molar-refractivity contribution in [3.63, 3.8) is 0 Å². The second-order valence-electron chi connectivity index (χ2n) is 26.4. The lowest BCUT2D eigenvalue weighted by Gasteiger charge is -2.34. The molecule has 9 heteroatoms. The number of nitrogens with one attached hydrogen (secondary N) is 2. The molecule has 0 aliphatic heterocycles. The van der Waals surface area contributed by atoms with E-state index in [1.807, 2.05) is 0 Å². The molecule has 0 heterocycles. The van der Waals surface area contributed by atoms with E-state index in [0.29, 0.717) is 50.7 Å². The molecule has 1 saturated carbocycles. The Bertz CT molecular complexity index is 1310. The number of carbonyl (C=O) groups is 4. The summed E-state index contributed by atoms with van der Waals surface area (Å²) in [4.78, 5) is 52.8. The number of esters is 2. The van der Waals surface area contributed by atoms with Crippen molar-refractivity contribution in [2.75, 3.05) is 39.4 Å². The maximum atomic E-state index is 12.5. The molecule has 83 heavy (non-hydrogen) atoms. The third-order valence-corrected chi connectivity index (χ3v) is 18.4. The monoisotopic (exact) mass is 1170 g/mol. The van der Waals surface area contributed by atoms with E-state index in [1.165, 1.54) is 264 Å². The molecular weight excluding hydrogens is 1030 g/mol. The smallest absolute Gasteiger partial charge is 0.305 e. The minimum absolute atomic E-state index is 0.0136. The zero-order chi connectivity index (χ0) is 60.0. The molecule has 9 nitrogen and oxygen atoms in total. The normalized spacial score (nSPS) is 13.6. The number of ether oxygens (including phenoxy) is 2. The molecule has 1 rings (SSSR count). The lowest BCUT2D eigenvalue weighted by atomic mass is 9.93. The number of hydrogen-bond donors (Lipinski definition) is 2. The number of carbonyl (C=O) groups excluding carboxylic acids is 4. The van der Waals surface area contributed by atoms with E-state index in [2.05, 4.69) is 43.2 Å². The molecule has 2 atom stereocenters. The molecule has 0 spiro atoms. The Morgan fingerprint density at radius 1 is 0.337 bits per heavy atom. The van der Waals surface area contributed by atoms with Gasteiger partial charge in [0.25, 0.3) is 0 Å². The molecular formula is C74H143N3O6. The van der Waals surface area contributed by atoms with Crippen LogP contribution in [0.25, 0.3) is 0 Å². The van der Waals surface area contributed by atoms with Crippen LogP contribution < -0.4 is 10.6 Å². The highest BCUT2D eigenvalue weighted by molar-refractivity contribution is 5.76. The first-order valence-corrected chi connectivity index (χ1v) is 37.4. The Hall–Kier alpha value is -2.16. The quantitative estimate of drug-likeness (QED) is 0.0461. The molecule has 490 valence electrons. The van der Waals surface area contributed by atoms with Crippen LogP contribution >= 0.6 is 0 Å².